The Morgan fingerprint density at radius 2 is 1.95 bits per heavy atom. The Balaban J connectivity index is 1.93. The summed E-state index contributed by atoms with van der Waals surface area (Å²) in [4.78, 5) is 0. The van der Waals surface area contributed by atoms with Gasteiger partial charge in [-0.1, -0.05) is 33.6 Å². The summed E-state index contributed by atoms with van der Waals surface area (Å²) in [6.07, 6.45) is 5.93. The monoisotopic (exact) mass is 269 g/mol. The molecule has 0 aromatic heterocycles. The highest BCUT2D eigenvalue weighted by Gasteiger charge is 2.41. The predicted octanol–water partition coefficient (Wildman–Crippen LogP) is 2.72. The van der Waals surface area contributed by atoms with Crippen molar-refractivity contribution in [3.05, 3.63) is 0 Å². The first-order chi connectivity index (χ1) is 8.83. The van der Waals surface area contributed by atoms with Crippen molar-refractivity contribution in [2.24, 2.45) is 11.3 Å². The number of hydrogen-bond donors (Lipinski definition) is 2. The first kappa shape index (κ1) is 15.3. The molecule has 112 valence electrons. The SMILES string of the molecule is CC1OCCC1(O)CNC1CCCCC1C(C)(C)C. The van der Waals surface area contributed by atoms with Gasteiger partial charge in [0.2, 0.25) is 0 Å². The van der Waals surface area contributed by atoms with Crippen molar-refractivity contribution < 1.29 is 9.84 Å². The summed E-state index contributed by atoms with van der Waals surface area (Å²) in [5.41, 5.74) is -0.321. The van der Waals surface area contributed by atoms with Crippen molar-refractivity contribution in [1.82, 2.24) is 5.32 Å². The van der Waals surface area contributed by atoms with Crippen LogP contribution in [-0.4, -0.2) is 36.0 Å². The number of rotatable bonds is 3. The van der Waals surface area contributed by atoms with E-state index in [0.717, 1.165) is 6.42 Å². The number of nitrogens with one attached hydrogen (secondary N) is 1. The molecular formula is C16H31NO2. The highest BCUT2D eigenvalue weighted by molar-refractivity contribution is 4.95. The van der Waals surface area contributed by atoms with Crippen molar-refractivity contribution in [2.45, 2.75) is 77.5 Å². The van der Waals surface area contributed by atoms with Crippen LogP contribution in [0.4, 0.5) is 0 Å². The summed E-state index contributed by atoms with van der Waals surface area (Å²) in [7, 11) is 0. The summed E-state index contributed by atoms with van der Waals surface area (Å²) in [6, 6.07) is 0.547. The summed E-state index contributed by atoms with van der Waals surface area (Å²) >= 11 is 0. The molecule has 2 fully saturated rings. The molecule has 1 saturated carbocycles. The minimum Gasteiger partial charge on any atom is -0.386 e. The van der Waals surface area contributed by atoms with Crippen molar-refractivity contribution in [3.8, 4) is 0 Å². The van der Waals surface area contributed by atoms with Gasteiger partial charge >= 0.3 is 0 Å². The summed E-state index contributed by atoms with van der Waals surface area (Å²) < 4.78 is 5.51. The van der Waals surface area contributed by atoms with Crippen LogP contribution in [0.2, 0.25) is 0 Å². The first-order valence-electron chi connectivity index (χ1n) is 7.90. The van der Waals surface area contributed by atoms with E-state index in [9.17, 15) is 5.11 Å². The molecule has 4 atom stereocenters. The second-order valence-corrected chi connectivity index (χ2v) is 7.61. The third-order valence-corrected chi connectivity index (χ3v) is 5.21. The van der Waals surface area contributed by atoms with Crippen molar-refractivity contribution >= 4 is 0 Å². The molecule has 0 aromatic rings. The summed E-state index contributed by atoms with van der Waals surface area (Å²) in [5.74, 6) is 0.711. The van der Waals surface area contributed by atoms with E-state index in [1.807, 2.05) is 6.92 Å². The number of ether oxygens (including phenoxy) is 1. The zero-order chi connectivity index (χ0) is 14.1. The van der Waals surface area contributed by atoms with Crippen LogP contribution >= 0.6 is 0 Å². The van der Waals surface area contributed by atoms with Crippen molar-refractivity contribution in [1.29, 1.82) is 0 Å². The molecule has 19 heavy (non-hydrogen) atoms. The molecular weight excluding hydrogens is 238 g/mol. The first-order valence-corrected chi connectivity index (χ1v) is 7.90. The van der Waals surface area contributed by atoms with Gasteiger partial charge in [-0.2, -0.15) is 0 Å². The molecule has 0 radical (unpaired) electrons. The summed E-state index contributed by atoms with van der Waals surface area (Å²) in [6.45, 7) is 10.4. The van der Waals surface area contributed by atoms with E-state index in [0.29, 0.717) is 30.5 Å². The third kappa shape index (κ3) is 3.50. The Morgan fingerprint density at radius 3 is 2.53 bits per heavy atom. The zero-order valence-corrected chi connectivity index (χ0v) is 13.0. The molecule has 1 saturated heterocycles. The third-order valence-electron chi connectivity index (χ3n) is 5.21. The average molecular weight is 269 g/mol. The lowest BCUT2D eigenvalue weighted by Crippen LogP contribution is -2.52. The van der Waals surface area contributed by atoms with Gasteiger partial charge in [0, 0.05) is 25.6 Å². The molecule has 3 heteroatoms. The van der Waals surface area contributed by atoms with Crippen molar-refractivity contribution in [2.75, 3.05) is 13.2 Å². The fourth-order valence-electron chi connectivity index (χ4n) is 3.72. The lowest BCUT2D eigenvalue weighted by molar-refractivity contribution is -0.0314. The van der Waals surface area contributed by atoms with Gasteiger partial charge in [0.1, 0.15) is 5.60 Å². The smallest absolute Gasteiger partial charge is 0.105 e. The van der Waals surface area contributed by atoms with Crippen LogP contribution in [0.3, 0.4) is 0 Å². The molecule has 2 N–H and O–H groups in total. The fourth-order valence-corrected chi connectivity index (χ4v) is 3.72. The van der Waals surface area contributed by atoms with Crippen LogP contribution in [0.5, 0.6) is 0 Å². The van der Waals surface area contributed by atoms with Crippen molar-refractivity contribution in [3.63, 3.8) is 0 Å². The Morgan fingerprint density at radius 1 is 1.26 bits per heavy atom. The minimum atomic E-state index is -0.667. The van der Waals surface area contributed by atoms with Gasteiger partial charge in [-0.05, 0) is 31.1 Å². The van der Waals surface area contributed by atoms with Crippen LogP contribution in [0.15, 0.2) is 0 Å². The topological polar surface area (TPSA) is 41.5 Å². The molecule has 3 nitrogen and oxygen atoms in total. The Hall–Kier alpha value is -0.120. The highest BCUT2D eigenvalue weighted by atomic mass is 16.5. The largest absolute Gasteiger partial charge is 0.386 e. The highest BCUT2D eigenvalue weighted by Crippen LogP contribution is 2.38. The van der Waals surface area contributed by atoms with E-state index in [-0.39, 0.29) is 6.10 Å². The molecule has 1 aliphatic carbocycles. The lowest BCUT2D eigenvalue weighted by Gasteiger charge is -2.42. The number of hydrogen-bond acceptors (Lipinski definition) is 3. The molecule has 2 rings (SSSR count). The van der Waals surface area contributed by atoms with Gasteiger partial charge in [0.15, 0.2) is 0 Å². The number of aliphatic hydroxyl groups is 1. The van der Waals surface area contributed by atoms with Gasteiger partial charge in [-0.25, -0.2) is 0 Å². The van der Waals surface area contributed by atoms with E-state index in [1.54, 1.807) is 0 Å². The van der Waals surface area contributed by atoms with Crippen LogP contribution in [0.25, 0.3) is 0 Å². The van der Waals surface area contributed by atoms with E-state index in [4.69, 9.17) is 4.74 Å². The molecule has 2 aliphatic rings. The second-order valence-electron chi connectivity index (χ2n) is 7.61. The van der Waals surface area contributed by atoms with Crippen LogP contribution in [0, 0.1) is 11.3 Å². The Labute approximate surface area is 118 Å². The molecule has 0 amide bonds. The fraction of sp³-hybridized carbons (Fsp3) is 1.00. The standard InChI is InChI=1S/C16H31NO2/c1-12-16(18,9-10-19-12)11-17-14-8-6-5-7-13(14)15(2,3)4/h12-14,17-18H,5-11H2,1-4H3. The predicted molar refractivity (Wildman–Crippen MR) is 78.2 cm³/mol. The maximum Gasteiger partial charge on any atom is 0.105 e. The minimum absolute atomic E-state index is 0.0447. The lowest BCUT2D eigenvalue weighted by atomic mass is 9.69. The van der Waals surface area contributed by atoms with E-state index in [2.05, 4.69) is 26.1 Å². The van der Waals surface area contributed by atoms with Gasteiger partial charge in [0.05, 0.1) is 6.10 Å². The maximum absolute atomic E-state index is 10.6. The molecule has 4 unspecified atom stereocenters. The van der Waals surface area contributed by atoms with Crippen LogP contribution in [0.1, 0.15) is 59.8 Å². The van der Waals surface area contributed by atoms with Crippen LogP contribution in [-0.2, 0) is 4.74 Å². The van der Waals surface area contributed by atoms with E-state index >= 15 is 0 Å². The van der Waals surface area contributed by atoms with E-state index < -0.39 is 5.60 Å². The van der Waals surface area contributed by atoms with E-state index in [1.165, 1.54) is 25.7 Å². The Kier molecular flexibility index (Phi) is 4.59. The molecule has 1 aliphatic heterocycles. The normalized spacial score (nSPS) is 40.6. The zero-order valence-electron chi connectivity index (χ0n) is 13.0. The molecule has 0 aromatic carbocycles. The quantitative estimate of drug-likeness (QED) is 0.828. The molecule has 0 bridgehead atoms. The average Bonchev–Trinajstić information content (AvgIpc) is 2.67. The van der Waals surface area contributed by atoms with Gasteiger partial charge < -0.3 is 15.2 Å². The van der Waals surface area contributed by atoms with Crippen LogP contribution < -0.4 is 5.32 Å². The maximum atomic E-state index is 10.6. The summed E-state index contributed by atoms with van der Waals surface area (Å²) in [5, 5.41) is 14.3. The Bertz CT molecular complexity index is 300. The van der Waals surface area contributed by atoms with Gasteiger partial charge in [-0.15, -0.1) is 0 Å². The molecule has 1 heterocycles. The van der Waals surface area contributed by atoms with Gasteiger partial charge in [-0.3, -0.25) is 0 Å². The molecule has 0 spiro atoms. The second kappa shape index (κ2) is 5.71. The van der Waals surface area contributed by atoms with Gasteiger partial charge in [0.25, 0.3) is 0 Å².